The quantitative estimate of drug-likeness (QED) is 0.683. The Balaban J connectivity index is 1.57. The highest BCUT2D eigenvalue weighted by Gasteiger charge is 2.70. The van der Waals surface area contributed by atoms with Gasteiger partial charge in [-0.15, -0.1) is 0 Å². The van der Waals surface area contributed by atoms with Crippen molar-refractivity contribution in [3.05, 3.63) is 64.1 Å². The smallest absolute Gasteiger partial charge is 0.243 e. The Morgan fingerprint density at radius 2 is 1.87 bits per heavy atom. The van der Waals surface area contributed by atoms with Gasteiger partial charge in [-0.2, -0.15) is 4.31 Å². The third-order valence-corrected chi connectivity index (χ3v) is 8.78. The number of carbonyl (C=O) groups is 1. The SMILES string of the molecule is CC1(C)C2CN(S(=O)(=O)c3ccc(F)cc3)C(C(=O)NCc3ccc(F)c(Br)c3)[C@H]21. The fourth-order valence-electron chi connectivity index (χ4n) is 4.48. The monoisotopic (exact) mass is 498 g/mol. The highest BCUT2D eigenvalue weighted by molar-refractivity contribution is 9.10. The van der Waals surface area contributed by atoms with Crippen LogP contribution in [0.1, 0.15) is 19.4 Å². The summed E-state index contributed by atoms with van der Waals surface area (Å²) in [5.74, 6) is -1.32. The third-order valence-electron chi connectivity index (χ3n) is 6.31. The lowest BCUT2D eigenvalue weighted by Gasteiger charge is -2.29. The van der Waals surface area contributed by atoms with E-state index in [9.17, 15) is 22.0 Å². The molecule has 0 radical (unpaired) electrons. The Labute approximate surface area is 182 Å². The first kappa shape index (κ1) is 21.4. The van der Waals surface area contributed by atoms with Gasteiger partial charge in [0.2, 0.25) is 15.9 Å². The standard InChI is InChI=1S/C21H21BrF2N2O3S/c1-21(2)15-11-26(30(28,29)14-6-4-13(23)5-7-14)19(18(15)21)20(27)25-10-12-3-8-17(24)16(22)9-12/h3-9,15,18-19H,10-11H2,1-2H3,(H,25,27)/t15?,18-,19?/m0/s1. The van der Waals surface area contributed by atoms with Crippen LogP contribution in [-0.4, -0.2) is 31.2 Å². The van der Waals surface area contributed by atoms with E-state index in [2.05, 4.69) is 21.2 Å². The summed E-state index contributed by atoms with van der Waals surface area (Å²) in [6.45, 7) is 4.46. The summed E-state index contributed by atoms with van der Waals surface area (Å²) in [7, 11) is -3.95. The minimum atomic E-state index is -3.95. The van der Waals surface area contributed by atoms with Gasteiger partial charge in [0, 0.05) is 13.1 Å². The molecule has 2 aliphatic rings. The molecule has 1 N–H and O–H groups in total. The molecule has 1 amide bonds. The zero-order valence-corrected chi connectivity index (χ0v) is 18.8. The van der Waals surface area contributed by atoms with E-state index in [4.69, 9.17) is 0 Å². The normalized spacial score (nSPS) is 25.0. The van der Waals surface area contributed by atoms with Gasteiger partial charge in [0.15, 0.2) is 0 Å². The van der Waals surface area contributed by atoms with Crippen LogP contribution in [0.25, 0.3) is 0 Å². The average Bonchev–Trinajstić information content (AvgIpc) is 3.04. The molecule has 0 bridgehead atoms. The summed E-state index contributed by atoms with van der Waals surface area (Å²) < 4.78 is 54.5. The molecule has 1 aliphatic heterocycles. The molecule has 2 fully saturated rings. The van der Waals surface area contributed by atoms with Crippen LogP contribution in [0.5, 0.6) is 0 Å². The maximum atomic E-state index is 13.4. The minimum absolute atomic E-state index is 0.0386. The Kier molecular flexibility index (Phi) is 5.27. The Bertz CT molecular complexity index is 1110. The van der Waals surface area contributed by atoms with Crippen LogP contribution in [-0.2, 0) is 21.4 Å². The molecule has 9 heteroatoms. The number of sulfonamides is 1. The molecule has 0 spiro atoms. The largest absolute Gasteiger partial charge is 0.351 e. The van der Waals surface area contributed by atoms with Crippen molar-refractivity contribution in [2.45, 2.75) is 31.3 Å². The van der Waals surface area contributed by atoms with Crippen molar-refractivity contribution in [3.63, 3.8) is 0 Å². The van der Waals surface area contributed by atoms with Gasteiger partial charge in [0.1, 0.15) is 17.7 Å². The summed E-state index contributed by atoms with van der Waals surface area (Å²) in [4.78, 5) is 13.0. The van der Waals surface area contributed by atoms with E-state index in [1.165, 1.54) is 22.5 Å². The number of piperidine rings is 1. The van der Waals surface area contributed by atoms with E-state index < -0.39 is 27.7 Å². The van der Waals surface area contributed by atoms with Crippen LogP contribution in [0.3, 0.4) is 0 Å². The second kappa shape index (κ2) is 7.39. The molecule has 1 saturated heterocycles. The van der Waals surface area contributed by atoms with Gasteiger partial charge < -0.3 is 5.32 Å². The molecule has 3 atom stereocenters. The average molecular weight is 499 g/mol. The Morgan fingerprint density at radius 1 is 1.20 bits per heavy atom. The minimum Gasteiger partial charge on any atom is -0.351 e. The number of nitrogens with one attached hydrogen (secondary N) is 1. The lowest BCUT2D eigenvalue weighted by atomic mass is 10.0. The lowest BCUT2D eigenvalue weighted by molar-refractivity contribution is -0.125. The number of benzene rings is 2. The van der Waals surface area contributed by atoms with Gasteiger partial charge in [-0.25, -0.2) is 17.2 Å². The van der Waals surface area contributed by atoms with Gasteiger partial charge in [-0.05, 0) is 75.1 Å². The van der Waals surface area contributed by atoms with Crippen LogP contribution < -0.4 is 5.32 Å². The zero-order chi connectivity index (χ0) is 21.8. The van der Waals surface area contributed by atoms with Gasteiger partial charge >= 0.3 is 0 Å². The van der Waals surface area contributed by atoms with E-state index in [-0.39, 0.29) is 41.1 Å². The van der Waals surface area contributed by atoms with E-state index in [0.29, 0.717) is 10.0 Å². The molecular formula is C21H21BrF2N2O3S. The number of rotatable bonds is 5. The highest BCUT2D eigenvalue weighted by Crippen LogP contribution is 2.65. The third kappa shape index (κ3) is 3.56. The van der Waals surface area contributed by atoms with Crippen LogP contribution in [0.2, 0.25) is 0 Å². The second-order valence-corrected chi connectivity index (χ2v) is 11.1. The molecule has 0 aromatic heterocycles. The lowest BCUT2D eigenvalue weighted by Crippen LogP contribution is -2.49. The molecular weight excluding hydrogens is 478 g/mol. The van der Waals surface area contributed by atoms with Crippen LogP contribution in [0, 0.1) is 28.9 Å². The van der Waals surface area contributed by atoms with Crippen molar-refractivity contribution in [2.75, 3.05) is 6.54 Å². The Hall–Kier alpha value is -1.84. The molecule has 30 heavy (non-hydrogen) atoms. The van der Waals surface area contributed by atoms with E-state index in [0.717, 1.165) is 12.1 Å². The van der Waals surface area contributed by atoms with Crippen molar-refractivity contribution in [1.82, 2.24) is 9.62 Å². The van der Waals surface area contributed by atoms with E-state index >= 15 is 0 Å². The van der Waals surface area contributed by atoms with Gasteiger partial charge in [-0.3, -0.25) is 4.79 Å². The summed E-state index contributed by atoms with van der Waals surface area (Å²) in [5.41, 5.74) is 0.560. The molecule has 4 rings (SSSR count). The van der Waals surface area contributed by atoms with Crippen LogP contribution in [0.15, 0.2) is 51.8 Å². The number of hydrogen-bond acceptors (Lipinski definition) is 3. The molecule has 1 saturated carbocycles. The fraction of sp³-hybridized carbons (Fsp3) is 0.381. The number of fused-ring (bicyclic) bond motifs is 1. The molecule has 2 aromatic carbocycles. The fourth-order valence-corrected chi connectivity index (χ4v) is 6.54. The molecule has 1 heterocycles. The van der Waals surface area contributed by atoms with Gasteiger partial charge in [0.05, 0.1) is 9.37 Å². The molecule has 5 nitrogen and oxygen atoms in total. The van der Waals surface area contributed by atoms with Crippen molar-refractivity contribution >= 4 is 31.9 Å². The predicted molar refractivity (Wildman–Crippen MR) is 111 cm³/mol. The van der Waals surface area contributed by atoms with E-state index in [1.807, 2.05) is 13.8 Å². The summed E-state index contributed by atoms with van der Waals surface area (Å²) in [5, 5.41) is 2.80. The van der Waals surface area contributed by atoms with Crippen LogP contribution in [0.4, 0.5) is 8.78 Å². The molecule has 160 valence electrons. The molecule has 2 unspecified atom stereocenters. The summed E-state index contributed by atoms with van der Waals surface area (Å²) >= 11 is 3.12. The van der Waals surface area contributed by atoms with E-state index in [1.54, 1.807) is 12.1 Å². The first-order valence-electron chi connectivity index (χ1n) is 9.52. The maximum absolute atomic E-state index is 13.4. The summed E-state index contributed by atoms with van der Waals surface area (Å²) in [6.07, 6.45) is 0. The van der Waals surface area contributed by atoms with Crippen molar-refractivity contribution < 1.29 is 22.0 Å². The zero-order valence-electron chi connectivity index (χ0n) is 16.4. The topological polar surface area (TPSA) is 66.5 Å². The number of nitrogens with zero attached hydrogens (tertiary/aromatic N) is 1. The highest BCUT2D eigenvalue weighted by atomic mass is 79.9. The maximum Gasteiger partial charge on any atom is 0.243 e. The van der Waals surface area contributed by atoms with Gasteiger partial charge in [-0.1, -0.05) is 19.9 Å². The summed E-state index contributed by atoms with van der Waals surface area (Å²) in [6, 6.07) is 8.20. The first-order chi connectivity index (χ1) is 14.0. The van der Waals surface area contributed by atoms with Gasteiger partial charge in [0.25, 0.3) is 0 Å². The van der Waals surface area contributed by atoms with Crippen molar-refractivity contribution in [2.24, 2.45) is 17.3 Å². The van der Waals surface area contributed by atoms with Crippen LogP contribution >= 0.6 is 15.9 Å². The second-order valence-electron chi connectivity index (χ2n) is 8.39. The number of carbonyl (C=O) groups excluding carboxylic acids is 1. The molecule has 1 aliphatic carbocycles. The van der Waals surface area contributed by atoms with Crippen molar-refractivity contribution in [3.8, 4) is 0 Å². The van der Waals surface area contributed by atoms with Crippen molar-refractivity contribution in [1.29, 1.82) is 0 Å². The number of halogens is 3. The molecule has 2 aromatic rings. The number of amides is 1. The Morgan fingerprint density at radius 3 is 2.50 bits per heavy atom. The predicted octanol–water partition coefficient (Wildman–Crippen LogP) is 3.69. The first-order valence-corrected chi connectivity index (χ1v) is 11.8. The number of hydrogen-bond donors (Lipinski definition) is 1.